The number of rotatable bonds is 5. The third-order valence-corrected chi connectivity index (χ3v) is 3.68. The van der Waals surface area contributed by atoms with Crippen molar-refractivity contribution in [2.75, 3.05) is 0 Å². The van der Waals surface area contributed by atoms with E-state index in [4.69, 9.17) is 9.47 Å². The minimum Gasteiger partial charge on any atom is -0.423 e. The minimum absolute atomic E-state index is 0.243. The Labute approximate surface area is 162 Å². The minimum atomic E-state index is -1.06. The van der Waals surface area contributed by atoms with E-state index >= 15 is 0 Å². The summed E-state index contributed by atoms with van der Waals surface area (Å²) in [6.07, 6.45) is 0. The van der Waals surface area contributed by atoms with Gasteiger partial charge in [-0.25, -0.2) is 18.4 Å². The summed E-state index contributed by atoms with van der Waals surface area (Å²) in [4.78, 5) is 35.2. The molecule has 0 aliphatic heterocycles. The van der Waals surface area contributed by atoms with E-state index in [2.05, 4.69) is 0 Å². The lowest BCUT2D eigenvalue weighted by Gasteiger charge is -2.10. The van der Waals surface area contributed by atoms with Crippen LogP contribution in [0.25, 0.3) is 0 Å². The predicted molar refractivity (Wildman–Crippen MR) is 95.8 cm³/mol. The second-order valence-electron chi connectivity index (χ2n) is 5.65. The lowest BCUT2D eigenvalue weighted by atomic mass is 10.1. The largest absolute Gasteiger partial charge is 0.423 e. The molecule has 0 aliphatic rings. The van der Waals surface area contributed by atoms with E-state index in [0.29, 0.717) is 6.07 Å². The van der Waals surface area contributed by atoms with Gasteiger partial charge in [-0.05, 0) is 18.2 Å². The summed E-state index contributed by atoms with van der Waals surface area (Å²) in [7, 11) is 0. The highest BCUT2D eigenvalue weighted by molar-refractivity contribution is 6.04. The van der Waals surface area contributed by atoms with Crippen molar-refractivity contribution in [3.63, 3.8) is 0 Å². The van der Waals surface area contributed by atoms with Gasteiger partial charge in [0.05, 0.1) is 16.1 Å². The van der Waals surface area contributed by atoms with Gasteiger partial charge in [-0.3, -0.25) is 10.1 Å². The molecule has 0 bridgehead atoms. The molecule has 0 saturated heterocycles. The Balaban J connectivity index is 1.87. The van der Waals surface area contributed by atoms with Crippen molar-refractivity contribution < 1.29 is 32.8 Å². The molecule has 0 unspecified atom stereocenters. The van der Waals surface area contributed by atoms with Crippen LogP contribution in [0.1, 0.15) is 20.7 Å². The van der Waals surface area contributed by atoms with E-state index in [0.717, 1.165) is 18.2 Å². The van der Waals surface area contributed by atoms with Gasteiger partial charge in [0.15, 0.2) is 0 Å². The average Bonchev–Trinajstić information content (AvgIpc) is 2.67. The maximum Gasteiger partial charge on any atom is 0.344 e. The number of carbonyl (C=O) groups excluding carboxylic acids is 2. The summed E-state index contributed by atoms with van der Waals surface area (Å²) >= 11 is 0. The Morgan fingerprint density at radius 2 is 1.31 bits per heavy atom. The Morgan fingerprint density at radius 3 is 1.90 bits per heavy atom. The van der Waals surface area contributed by atoms with Crippen molar-refractivity contribution in [1.82, 2.24) is 0 Å². The molecule has 3 aromatic rings. The van der Waals surface area contributed by atoms with Crippen molar-refractivity contribution in [3.05, 3.63) is 99.6 Å². The first-order valence-corrected chi connectivity index (χ1v) is 8.08. The first kappa shape index (κ1) is 19.6. The summed E-state index contributed by atoms with van der Waals surface area (Å²) < 4.78 is 36.5. The third-order valence-electron chi connectivity index (χ3n) is 3.68. The van der Waals surface area contributed by atoms with Crippen LogP contribution in [-0.4, -0.2) is 16.9 Å². The summed E-state index contributed by atoms with van der Waals surface area (Å²) in [5, 5.41) is 11.1. The first-order valence-electron chi connectivity index (χ1n) is 8.08. The van der Waals surface area contributed by atoms with Crippen molar-refractivity contribution >= 4 is 17.6 Å². The Bertz CT molecular complexity index is 1100. The average molecular weight is 399 g/mol. The molecule has 7 nitrogen and oxygen atoms in total. The summed E-state index contributed by atoms with van der Waals surface area (Å²) in [6, 6.07) is 12.8. The molecule has 146 valence electrons. The number of carbonyl (C=O) groups is 2. The highest BCUT2D eigenvalue weighted by Gasteiger charge is 2.23. The van der Waals surface area contributed by atoms with Crippen molar-refractivity contribution in [2.45, 2.75) is 0 Å². The van der Waals surface area contributed by atoms with Crippen LogP contribution in [0.4, 0.5) is 14.5 Å². The van der Waals surface area contributed by atoms with Crippen LogP contribution < -0.4 is 9.47 Å². The van der Waals surface area contributed by atoms with Gasteiger partial charge in [-0.15, -0.1) is 0 Å². The predicted octanol–water partition coefficient (Wildman–Crippen LogP) is 4.31. The van der Waals surface area contributed by atoms with E-state index in [-0.39, 0.29) is 16.9 Å². The quantitative estimate of drug-likeness (QED) is 0.275. The zero-order valence-electron chi connectivity index (χ0n) is 14.5. The summed E-state index contributed by atoms with van der Waals surface area (Å²) in [5.41, 5.74) is -0.926. The molecule has 0 heterocycles. The van der Waals surface area contributed by atoms with Crippen LogP contribution in [0.15, 0.2) is 66.7 Å². The number of nitro benzene ring substituents is 1. The van der Waals surface area contributed by atoms with Crippen LogP contribution in [0.2, 0.25) is 0 Å². The first-order chi connectivity index (χ1) is 13.8. The molecule has 0 fully saturated rings. The summed E-state index contributed by atoms with van der Waals surface area (Å²) in [5.74, 6) is -4.71. The standard InChI is InChI=1S/C20H11F2NO6/c21-12-9-13(22)11-14(10-12)28-19(24)15-5-1-2-6-16(15)20(25)29-18-8-4-3-7-17(18)23(26)27/h1-11H. The molecular formula is C20H11F2NO6. The van der Waals surface area contributed by atoms with Gasteiger partial charge in [0.25, 0.3) is 0 Å². The molecule has 0 spiro atoms. The monoisotopic (exact) mass is 399 g/mol. The fraction of sp³-hybridized carbons (Fsp3) is 0. The topological polar surface area (TPSA) is 95.7 Å². The fourth-order valence-corrected chi connectivity index (χ4v) is 2.44. The maximum atomic E-state index is 13.3. The highest BCUT2D eigenvalue weighted by atomic mass is 19.1. The molecule has 0 saturated carbocycles. The molecule has 3 rings (SSSR count). The van der Waals surface area contributed by atoms with E-state index in [1.165, 1.54) is 42.5 Å². The van der Waals surface area contributed by atoms with Gasteiger partial charge in [0.2, 0.25) is 5.75 Å². The Kier molecular flexibility index (Phi) is 5.59. The second-order valence-corrected chi connectivity index (χ2v) is 5.65. The second kappa shape index (κ2) is 8.26. The van der Waals surface area contributed by atoms with Gasteiger partial charge in [-0.1, -0.05) is 24.3 Å². The van der Waals surface area contributed by atoms with Crippen LogP contribution >= 0.6 is 0 Å². The molecule has 0 radical (unpaired) electrons. The van der Waals surface area contributed by atoms with Gasteiger partial charge in [0.1, 0.15) is 17.4 Å². The van der Waals surface area contributed by atoms with Crippen LogP contribution in [-0.2, 0) is 0 Å². The number of ether oxygens (including phenoxy) is 2. The maximum absolute atomic E-state index is 13.3. The number of para-hydroxylation sites is 2. The highest BCUT2D eigenvalue weighted by Crippen LogP contribution is 2.27. The van der Waals surface area contributed by atoms with E-state index in [1.807, 2.05) is 0 Å². The smallest absolute Gasteiger partial charge is 0.344 e. The third kappa shape index (κ3) is 4.59. The Hall–Kier alpha value is -4.14. The van der Waals surface area contributed by atoms with Crippen molar-refractivity contribution in [2.24, 2.45) is 0 Å². The number of halogens is 2. The summed E-state index contributed by atoms with van der Waals surface area (Å²) in [6.45, 7) is 0. The van der Waals surface area contributed by atoms with Crippen LogP contribution in [0.3, 0.4) is 0 Å². The zero-order valence-corrected chi connectivity index (χ0v) is 14.5. The normalized spacial score (nSPS) is 10.3. The van der Waals surface area contributed by atoms with Crippen molar-refractivity contribution in [1.29, 1.82) is 0 Å². The molecule has 0 atom stereocenters. The molecule has 3 aromatic carbocycles. The molecule has 0 amide bonds. The number of hydrogen-bond donors (Lipinski definition) is 0. The van der Waals surface area contributed by atoms with Crippen LogP contribution in [0.5, 0.6) is 11.5 Å². The fourth-order valence-electron chi connectivity index (χ4n) is 2.44. The number of esters is 2. The van der Waals surface area contributed by atoms with Gasteiger partial charge in [0, 0.05) is 24.3 Å². The number of nitrogens with zero attached hydrogens (tertiary/aromatic N) is 1. The number of nitro groups is 1. The lowest BCUT2D eigenvalue weighted by Crippen LogP contribution is -2.18. The van der Waals surface area contributed by atoms with Gasteiger partial charge in [-0.2, -0.15) is 0 Å². The molecule has 9 heteroatoms. The zero-order chi connectivity index (χ0) is 21.0. The molecule has 29 heavy (non-hydrogen) atoms. The molecule has 0 aromatic heterocycles. The SMILES string of the molecule is O=C(Oc1cc(F)cc(F)c1)c1ccccc1C(=O)Oc1ccccc1[N+](=O)[O-]. The van der Waals surface area contributed by atoms with Crippen molar-refractivity contribution in [3.8, 4) is 11.5 Å². The van der Waals surface area contributed by atoms with Gasteiger partial charge < -0.3 is 9.47 Å². The molecule has 0 N–H and O–H groups in total. The Morgan fingerprint density at radius 1 is 0.793 bits per heavy atom. The number of hydrogen-bond acceptors (Lipinski definition) is 6. The van der Waals surface area contributed by atoms with E-state index in [9.17, 15) is 28.5 Å². The van der Waals surface area contributed by atoms with Crippen LogP contribution in [0, 0.1) is 21.7 Å². The number of benzene rings is 3. The van der Waals surface area contributed by atoms with E-state index in [1.54, 1.807) is 0 Å². The van der Waals surface area contributed by atoms with E-state index < -0.39 is 39.9 Å². The molecule has 0 aliphatic carbocycles. The molecular weight excluding hydrogens is 388 g/mol. The lowest BCUT2D eigenvalue weighted by molar-refractivity contribution is -0.385. The van der Waals surface area contributed by atoms with Gasteiger partial charge >= 0.3 is 17.6 Å².